The van der Waals surface area contributed by atoms with E-state index in [1.54, 1.807) is 24.3 Å². The summed E-state index contributed by atoms with van der Waals surface area (Å²) in [6.45, 7) is 2.45. The molecule has 5 heteroatoms. The lowest BCUT2D eigenvalue weighted by molar-refractivity contribution is 0.0785. The summed E-state index contributed by atoms with van der Waals surface area (Å²) in [5.74, 6) is 6.58. The van der Waals surface area contributed by atoms with Crippen LogP contribution in [0.2, 0.25) is 0 Å². The molecule has 0 aromatic carbocycles. The predicted octanol–water partition coefficient (Wildman–Crippen LogP) is 2.66. The number of furan rings is 1. The van der Waals surface area contributed by atoms with Crippen molar-refractivity contribution in [2.45, 2.75) is 19.9 Å². The maximum atomic E-state index is 12.3. The minimum absolute atomic E-state index is 0.0398. The van der Waals surface area contributed by atoms with Crippen LogP contribution in [-0.4, -0.2) is 29.6 Å². The maximum Gasteiger partial charge on any atom is 0.254 e. The Morgan fingerprint density at radius 3 is 3.00 bits per heavy atom. The van der Waals surface area contributed by atoms with Gasteiger partial charge in [-0.05, 0) is 19.1 Å². The van der Waals surface area contributed by atoms with E-state index in [0.717, 1.165) is 16.2 Å². The van der Waals surface area contributed by atoms with Crippen molar-refractivity contribution in [3.05, 3.63) is 45.5 Å². The fourth-order valence-corrected chi connectivity index (χ4v) is 2.59. The molecule has 1 amide bonds. The number of carbonyl (C=O) groups is 1. The summed E-state index contributed by atoms with van der Waals surface area (Å²) in [4.78, 5) is 14.8. The van der Waals surface area contributed by atoms with Gasteiger partial charge in [0.25, 0.3) is 5.91 Å². The van der Waals surface area contributed by atoms with Gasteiger partial charge in [-0.3, -0.25) is 4.79 Å². The first kappa shape index (κ1) is 15.4. The number of aliphatic hydroxyl groups is 1. The van der Waals surface area contributed by atoms with Crippen molar-refractivity contribution < 1.29 is 14.3 Å². The molecule has 21 heavy (non-hydrogen) atoms. The zero-order valence-corrected chi connectivity index (χ0v) is 12.9. The number of amides is 1. The van der Waals surface area contributed by atoms with Crippen molar-refractivity contribution in [2.75, 3.05) is 13.7 Å². The SMILES string of the molecule is Cc1occc1CN(C)C(=O)c1csc(C#CCCO)c1. The molecule has 0 radical (unpaired) electrons. The third-order valence-corrected chi connectivity index (χ3v) is 3.86. The van der Waals surface area contributed by atoms with Crippen LogP contribution in [0.15, 0.2) is 28.2 Å². The largest absolute Gasteiger partial charge is 0.469 e. The van der Waals surface area contributed by atoms with Crippen LogP contribution in [0.25, 0.3) is 0 Å². The number of aryl methyl sites for hydroxylation is 1. The van der Waals surface area contributed by atoms with E-state index >= 15 is 0 Å². The molecule has 0 fully saturated rings. The predicted molar refractivity (Wildman–Crippen MR) is 82.1 cm³/mol. The molecular formula is C16H17NO3S. The zero-order chi connectivity index (χ0) is 15.2. The second-order valence-corrected chi connectivity index (χ2v) is 5.55. The van der Waals surface area contributed by atoms with Gasteiger partial charge in [0.05, 0.1) is 23.3 Å². The molecule has 2 aromatic heterocycles. The van der Waals surface area contributed by atoms with E-state index in [4.69, 9.17) is 9.52 Å². The van der Waals surface area contributed by atoms with Crippen molar-refractivity contribution in [1.82, 2.24) is 4.90 Å². The molecule has 0 saturated heterocycles. The van der Waals surface area contributed by atoms with Gasteiger partial charge in [-0.25, -0.2) is 0 Å². The molecule has 0 atom stereocenters. The summed E-state index contributed by atoms with van der Waals surface area (Å²) in [6.07, 6.45) is 2.07. The standard InChI is InChI=1S/C16H17NO3S/c1-12-13(6-8-20-12)10-17(2)16(19)14-9-15(21-11-14)5-3-4-7-18/h6,8-9,11,18H,4,7,10H2,1-2H3. The number of aliphatic hydroxyl groups excluding tert-OH is 1. The van der Waals surface area contributed by atoms with Gasteiger partial charge in [0.15, 0.2) is 0 Å². The number of carbonyl (C=O) groups excluding carboxylic acids is 1. The molecule has 0 unspecified atom stereocenters. The molecule has 0 saturated carbocycles. The van der Waals surface area contributed by atoms with Crippen LogP contribution < -0.4 is 0 Å². The van der Waals surface area contributed by atoms with Gasteiger partial charge >= 0.3 is 0 Å². The van der Waals surface area contributed by atoms with Crippen molar-refractivity contribution in [1.29, 1.82) is 0 Å². The van der Waals surface area contributed by atoms with E-state index in [2.05, 4.69) is 11.8 Å². The average molecular weight is 303 g/mol. The van der Waals surface area contributed by atoms with Crippen LogP contribution in [0, 0.1) is 18.8 Å². The Kier molecular flexibility index (Phi) is 5.20. The number of hydrogen-bond donors (Lipinski definition) is 1. The lowest BCUT2D eigenvalue weighted by Gasteiger charge is -2.15. The van der Waals surface area contributed by atoms with Gasteiger partial charge in [-0.15, -0.1) is 11.3 Å². The summed E-state index contributed by atoms with van der Waals surface area (Å²) in [5, 5.41) is 10.5. The first-order chi connectivity index (χ1) is 10.1. The molecule has 0 aliphatic rings. The summed E-state index contributed by atoms with van der Waals surface area (Å²) in [5.41, 5.74) is 1.64. The highest BCUT2D eigenvalue weighted by Gasteiger charge is 2.15. The first-order valence-electron chi connectivity index (χ1n) is 6.58. The highest BCUT2D eigenvalue weighted by atomic mass is 32.1. The summed E-state index contributed by atoms with van der Waals surface area (Å²) in [7, 11) is 1.77. The van der Waals surface area contributed by atoms with Gasteiger partial charge in [-0.1, -0.05) is 11.8 Å². The van der Waals surface area contributed by atoms with E-state index in [1.807, 2.05) is 18.4 Å². The Labute approximate surface area is 128 Å². The zero-order valence-electron chi connectivity index (χ0n) is 12.0. The maximum absolute atomic E-state index is 12.3. The number of thiophene rings is 1. The van der Waals surface area contributed by atoms with E-state index in [9.17, 15) is 4.79 Å². The van der Waals surface area contributed by atoms with Gasteiger partial charge in [0.2, 0.25) is 0 Å². The molecule has 2 aromatic rings. The molecular weight excluding hydrogens is 286 g/mol. The first-order valence-corrected chi connectivity index (χ1v) is 7.46. The Balaban J connectivity index is 2.03. The molecule has 0 aliphatic heterocycles. The van der Waals surface area contributed by atoms with E-state index in [0.29, 0.717) is 18.5 Å². The van der Waals surface area contributed by atoms with Crippen LogP contribution in [0.1, 0.15) is 33.0 Å². The van der Waals surface area contributed by atoms with Crippen LogP contribution in [-0.2, 0) is 6.54 Å². The van der Waals surface area contributed by atoms with Gasteiger partial charge in [0, 0.05) is 31.0 Å². The lowest BCUT2D eigenvalue weighted by atomic mass is 10.2. The van der Waals surface area contributed by atoms with Crippen LogP contribution in [0.4, 0.5) is 0 Å². The second-order valence-electron chi connectivity index (χ2n) is 4.64. The molecule has 0 spiro atoms. The highest BCUT2D eigenvalue weighted by molar-refractivity contribution is 7.10. The number of nitrogens with zero attached hydrogens (tertiary/aromatic N) is 1. The summed E-state index contributed by atoms with van der Waals surface area (Å²) >= 11 is 1.44. The molecule has 4 nitrogen and oxygen atoms in total. The number of rotatable bonds is 4. The topological polar surface area (TPSA) is 53.7 Å². The third kappa shape index (κ3) is 3.97. The molecule has 0 bridgehead atoms. The lowest BCUT2D eigenvalue weighted by Crippen LogP contribution is -2.25. The highest BCUT2D eigenvalue weighted by Crippen LogP contribution is 2.17. The number of hydrogen-bond acceptors (Lipinski definition) is 4. The van der Waals surface area contributed by atoms with Crippen molar-refractivity contribution in [3.63, 3.8) is 0 Å². The molecule has 110 valence electrons. The van der Waals surface area contributed by atoms with Gasteiger partial charge in [-0.2, -0.15) is 0 Å². The minimum atomic E-state index is -0.0398. The molecule has 2 rings (SSSR count). The molecule has 2 heterocycles. The molecule has 1 N–H and O–H groups in total. The fourth-order valence-electron chi connectivity index (χ4n) is 1.84. The summed E-state index contributed by atoms with van der Waals surface area (Å²) < 4.78 is 5.24. The summed E-state index contributed by atoms with van der Waals surface area (Å²) in [6, 6.07) is 3.66. The fraction of sp³-hybridized carbons (Fsp3) is 0.312. The van der Waals surface area contributed by atoms with Crippen LogP contribution in [0.3, 0.4) is 0 Å². The monoisotopic (exact) mass is 303 g/mol. The van der Waals surface area contributed by atoms with Crippen molar-refractivity contribution in [2.24, 2.45) is 0 Å². The van der Waals surface area contributed by atoms with Crippen LogP contribution in [0.5, 0.6) is 0 Å². The quantitative estimate of drug-likeness (QED) is 0.884. The van der Waals surface area contributed by atoms with Gasteiger partial charge in [0.1, 0.15) is 5.76 Å². The average Bonchev–Trinajstić information content (AvgIpc) is 3.08. The Morgan fingerprint density at radius 2 is 2.33 bits per heavy atom. The van der Waals surface area contributed by atoms with E-state index in [-0.39, 0.29) is 12.5 Å². The Hall–Kier alpha value is -2.03. The minimum Gasteiger partial charge on any atom is -0.469 e. The van der Waals surface area contributed by atoms with E-state index < -0.39 is 0 Å². The Morgan fingerprint density at radius 1 is 1.52 bits per heavy atom. The second kappa shape index (κ2) is 7.11. The smallest absolute Gasteiger partial charge is 0.254 e. The third-order valence-electron chi connectivity index (χ3n) is 3.02. The Bertz CT molecular complexity index is 675. The van der Waals surface area contributed by atoms with Crippen LogP contribution >= 0.6 is 11.3 Å². The normalized spacial score (nSPS) is 10.0. The van der Waals surface area contributed by atoms with E-state index in [1.165, 1.54) is 11.3 Å². The van der Waals surface area contributed by atoms with Crippen molar-refractivity contribution in [3.8, 4) is 11.8 Å². The molecule has 0 aliphatic carbocycles. The van der Waals surface area contributed by atoms with Crippen molar-refractivity contribution >= 4 is 17.2 Å². The van der Waals surface area contributed by atoms with Gasteiger partial charge < -0.3 is 14.4 Å².